The first kappa shape index (κ1) is 14.8. The van der Waals surface area contributed by atoms with Crippen LogP contribution >= 0.6 is 11.8 Å². The molecule has 5 nitrogen and oxygen atoms in total. The van der Waals surface area contributed by atoms with Gasteiger partial charge in [-0.1, -0.05) is 13.8 Å². The van der Waals surface area contributed by atoms with E-state index in [0.717, 1.165) is 0 Å². The molecule has 1 atom stereocenters. The maximum Gasteiger partial charge on any atom is 0.326 e. The van der Waals surface area contributed by atoms with Gasteiger partial charge in [0.05, 0.1) is 17.6 Å². The van der Waals surface area contributed by atoms with Crippen LogP contribution in [-0.4, -0.2) is 34.5 Å². The summed E-state index contributed by atoms with van der Waals surface area (Å²) in [5.41, 5.74) is 0. The first-order valence-electron chi connectivity index (χ1n) is 4.94. The van der Waals surface area contributed by atoms with Gasteiger partial charge in [-0.2, -0.15) is 5.26 Å². The number of hydrogen-bond acceptors (Lipinski definition) is 4. The SMILES string of the molecule is CC(C)C[C@H](NC(=O)CSCC#N)C(=O)O. The van der Waals surface area contributed by atoms with Crippen LogP contribution in [0.15, 0.2) is 0 Å². The van der Waals surface area contributed by atoms with E-state index < -0.39 is 12.0 Å². The molecule has 0 unspecified atom stereocenters. The van der Waals surface area contributed by atoms with E-state index in [9.17, 15) is 9.59 Å². The fourth-order valence-electron chi connectivity index (χ4n) is 1.12. The molecule has 0 spiro atoms. The highest BCUT2D eigenvalue weighted by molar-refractivity contribution is 8.00. The number of carboxylic acid groups (broad SMARTS) is 1. The number of nitriles is 1. The van der Waals surface area contributed by atoms with Gasteiger partial charge in [0.25, 0.3) is 0 Å². The number of hydrogen-bond donors (Lipinski definition) is 2. The Balaban J connectivity index is 4.04. The summed E-state index contributed by atoms with van der Waals surface area (Å²) in [4.78, 5) is 22.1. The molecule has 0 aromatic rings. The second-order valence-electron chi connectivity index (χ2n) is 3.74. The molecular formula is C10H16N2O3S. The summed E-state index contributed by atoms with van der Waals surface area (Å²) in [5, 5.41) is 19.6. The fourth-order valence-corrected chi connectivity index (χ4v) is 1.58. The van der Waals surface area contributed by atoms with Crippen LogP contribution in [0.4, 0.5) is 0 Å². The van der Waals surface area contributed by atoms with E-state index in [0.29, 0.717) is 6.42 Å². The lowest BCUT2D eigenvalue weighted by Crippen LogP contribution is -2.42. The molecule has 0 aliphatic carbocycles. The molecular weight excluding hydrogens is 228 g/mol. The largest absolute Gasteiger partial charge is 0.480 e. The second kappa shape index (κ2) is 7.99. The molecule has 0 aliphatic rings. The smallest absolute Gasteiger partial charge is 0.326 e. The van der Waals surface area contributed by atoms with Crippen molar-refractivity contribution in [3.8, 4) is 6.07 Å². The standard InChI is InChI=1S/C10H16N2O3S/c1-7(2)5-8(10(14)15)12-9(13)6-16-4-3-11/h7-8H,4-6H2,1-2H3,(H,12,13)(H,14,15)/t8-/m0/s1. The zero-order chi connectivity index (χ0) is 12.6. The van der Waals surface area contributed by atoms with Gasteiger partial charge in [0.2, 0.25) is 5.91 Å². The van der Waals surface area contributed by atoms with Crippen molar-refractivity contribution in [2.45, 2.75) is 26.3 Å². The molecule has 0 fully saturated rings. The molecule has 0 aromatic carbocycles. The summed E-state index contributed by atoms with van der Waals surface area (Å²) >= 11 is 1.17. The zero-order valence-electron chi connectivity index (χ0n) is 9.40. The molecule has 2 N–H and O–H groups in total. The third-order valence-corrected chi connectivity index (χ3v) is 2.54. The lowest BCUT2D eigenvalue weighted by molar-refractivity contribution is -0.141. The number of nitrogens with zero attached hydrogens (tertiary/aromatic N) is 1. The van der Waals surface area contributed by atoms with Crippen molar-refractivity contribution in [3.63, 3.8) is 0 Å². The summed E-state index contributed by atoms with van der Waals surface area (Å²) in [6, 6.07) is 1.06. The molecule has 0 saturated heterocycles. The number of aliphatic carboxylic acids is 1. The second-order valence-corrected chi connectivity index (χ2v) is 4.72. The van der Waals surface area contributed by atoms with Crippen LogP contribution in [0.3, 0.4) is 0 Å². The molecule has 16 heavy (non-hydrogen) atoms. The summed E-state index contributed by atoms with van der Waals surface area (Å²) in [5.74, 6) is -0.807. The number of nitrogens with one attached hydrogen (secondary N) is 1. The Hall–Kier alpha value is -1.22. The van der Waals surface area contributed by atoms with Crippen LogP contribution in [0.25, 0.3) is 0 Å². The molecule has 0 aliphatic heterocycles. The highest BCUT2D eigenvalue weighted by Crippen LogP contribution is 2.05. The molecule has 0 rings (SSSR count). The van der Waals surface area contributed by atoms with Crippen molar-refractivity contribution in [2.75, 3.05) is 11.5 Å². The quantitative estimate of drug-likeness (QED) is 0.648. The normalized spacial score (nSPS) is 11.9. The van der Waals surface area contributed by atoms with Gasteiger partial charge in [0, 0.05) is 0 Å². The van der Waals surface area contributed by atoms with E-state index in [1.807, 2.05) is 19.9 Å². The van der Waals surface area contributed by atoms with Gasteiger partial charge in [-0.05, 0) is 12.3 Å². The number of thioether (sulfide) groups is 1. The zero-order valence-corrected chi connectivity index (χ0v) is 10.2. The summed E-state index contributed by atoms with van der Waals surface area (Å²) in [7, 11) is 0. The molecule has 0 bridgehead atoms. The van der Waals surface area contributed by atoms with Gasteiger partial charge in [0.15, 0.2) is 0 Å². The van der Waals surface area contributed by atoms with E-state index in [1.54, 1.807) is 0 Å². The predicted octanol–water partition coefficient (Wildman–Crippen LogP) is 0.859. The highest BCUT2D eigenvalue weighted by Gasteiger charge is 2.20. The Kier molecular flexibility index (Phi) is 7.38. The Morgan fingerprint density at radius 3 is 2.56 bits per heavy atom. The average Bonchev–Trinajstić information content (AvgIpc) is 2.16. The maximum absolute atomic E-state index is 11.3. The average molecular weight is 244 g/mol. The van der Waals surface area contributed by atoms with Crippen LogP contribution in [-0.2, 0) is 9.59 Å². The van der Waals surface area contributed by atoms with Crippen molar-refractivity contribution >= 4 is 23.6 Å². The predicted molar refractivity (Wildman–Crippen MR) is 62.0 cm³/mol. The number of carboxylic acids is 1. The van der Waals surface area contributed by atoms with E-state index in [1.165, 1.54) is 11.8 Å². The van der Waals surface area contributed by atoms with Crippen molar-refractivity contribution in [1.29, 1.82) is 5.26 Å². The summed E-state index contributed by atoms with van der Waals surface area (Å²) < 4.78 is 0. The number of carbonyl (C=O) groups is 2. The van der Waals surface area contributed by atoms with Gasteiger partial charge in [-0.25, -0.2) is 4.79 Å². The first-order valence-corrected chi connectivity index (χ1v) is 6.09. The van der Waals surface area contributed by atoms with Crippen LogP contribution < -0.4 is 5.32 Å². The molecule has 0 radical (unpaired) electrons. The van der Waals surface area contributed by atoms with E-state index in [-0.39, 0.29) is 23.3 Å². The van der Waals surface area contributed by atoms with Crippen LogP contribution in [0.2, 0.25) is 0 Å². The number of rotatable bonds is 7. The monoisotopic (exact) mass is 244 g/mol. The minimum Gasteiger partial charge on any atom is -0.480 e. The fraction of sp³-hybridized carbons (Fsp3) is 0.700. The van der Waals surface area contributed by atoms with Crippen LogP contribution in [0.1, 0.15) is 20.3 Å². The Morgan fingerprint density at radius 2 is 2.12 bits per heavy atom. The Morgan fingerprint density at radius 1 is 1.50 bits per heavy atom. The first-order chi connectivity index (χ1) is 7.47. The molecule has 1 amide bonds. The minimum atomic E-state index is -1.02. The molecule has 0 heterocycles. The molecule has 90 valence electrons. The number of amides is 1. The van der Waals surface area contributed by atoms with Crippen molar-refractivity contribution in [1.82, 2.24) is 5.32 Å². The van der Waals surface area contributed by atoms with E-state index in [2.05, 4.69) is 5.32 Å². The Labute approximate surface area is 99.2 Å². The van der Waals surface area contributed by atoms with Crippen LogP contribution in [0, 0.1) is 17.2 Å². The van der Waals surface area contributed by atoms with Gasteiger partial charge >= 0.3 is 5.97 Å². The van der Waals surface area contributed by atoms with E-state index in [4.69, 9.17) is 10.4 Å². The molecule has 0 saturated carbocycles. The molecule has 0 aromatic heterocycles. The van der Waals surface area contributed by atoms with Gasteiger partial charge in [0.1, 0.15) is 6.04 Å². The lowest BCUT2D eigenvalue weighted by atomic mass is 10.0. The van der Waals surface area contributed by atoms with Crippen molar-refractivity contribution < 1.29 is 14.7 Å². The third kappa shape index (κ3) is 7.12. The topological polar surface area (TPSA) is 90.2 Å². The lowest BCUT2D eigenvalue weighted by Gasteiger charge is -2.16. The maximum atomic E-state index is 11.3. The Bertz CT molecular complexity index is 286. The minimum absolute atomic E-state index is 0.120. The van der Waals surface area contributed by atoms with Crippen molar-refractivity contribution in [2.24, 2.45) is 5.92 Å². The summed E-state index contributed by atoms with van der Waals surface area (Å²) in [6.07, 6.45) is 0.407. The van der Waals surface area contributed by atoms with E-state index >= 15 is 0 Å². The summed E-state index contributed by atoms with van der Waals surface area (Å²) in [6.45, 7) is 3.79. The third-order valence-electron chi connectivity index (χ3n) is 1.74. The van der Waals surface area contributed by atoms with Crippen LogP contribution in [0.5, 0.6) is 0 Å². The van der Waals surface area contributed by atoms with Crippen molar-refractivity contribution in [3.05, 3.63) is 0 Å². The number of carbonyl (C=O) groups excluding carboxylic acids is 1. The van der Waals surface area contributed by atoms with Gasteiger partial charge in [-0.15, -0.1) is 11.8 Å². The molecule has 6 heteroatoms. The van der Waals surface area contributed by atoms with Gasteiger partial charge in [-0.3, -0.25) is 4.79 Å². The highest BCUT2D eigenvalue weighted by atomic mass is 32.2. The van der Waals surface area contributed by atoms with Gasteiger partial charge < -0.3 is 10.4 Å².